The molecule has 0 radical (unpaired) electrons. The monoisotopic (exact) mass is 276 g/mol. The van der Waals surface area contributed by atoms with Crippen LogP contribution in [-0.4, -0.2) is 22.5 Å². The number of carbonyl (C=O) groups is 1. The van der Waals surface area contributed by atoms with Crippen molar-refractivity contribution in [2.24, 2.45) is 0 Å². The number of aromatic nitrogens is 2. The Bertz CT molecular complexity index is 567. The SMILES string of the molecule is Cc1nc(CCNC(=O)Nc2ncccc2C)cs1. The number of hydrogen-bond donors (Lipinski definition) is 2. The molecule has 5 nitrogen and oxygen atoms in total. The van der Waals surface area contributed by atoms with Crippen LogP contribution in [0.4, 0.5) is 10.6 Å². The fourth-order valence-electron chi connectivity index (χ4n) is 1.60. The van der Waals surface area contributed by atoms with Gasteiger partial charge in [-0.05, 0) is 25.5 Å². The number of nitrogens with zero attached hydrogens (tertiary/aromatic N) is 2. The van der Waals surface area contributed by atoms with Crippen LogP contribution in [0.2, 0.25) is 0 Å². The van der Waals surface area contributed by atoms with E-state index in [1.807, 2.05) is 31.4 Å². The first-order valence-corrected chi connectivity index (χ1v) is 6.90. The maximum atomic E-state index is 11.7. The van der Waals surface area contributed by atoms with Crippen molar-refractivity contribution in [3.8, 4) is 0 Å². The summed E-state index contributed by atoms with van der Waals surface area (Å²) in [6.45, 7) is 4.43. The maximum absolute atomic E-state index is 11.7. The standard InChI is InChI=1S/C13H16N4OS/c1-9-4-3-6-14-12(9)17-13(18)15-7-5-11-8-19-10(2)16-11/h3-4,6,8H,5,7H2,1-2H3,(H2,14,15,17,18). The van der Waals surface area contributed by atoms with Gasteiger partial charge in [-0.1, -0.05) is 6.07 Å². The molecular formula is C13H16N4OS. The molecule has 0 aliphatic heterocycles. The van der Waals surface area contributed by atoms with E-state index in [-0.39, 0.29) is 6.03 Å². The molecule has 2 amide bonds. The summed E-state index contributed by atoms with van der Waals surface area (Å²) in [7, 11) is 0. The topological polar surface area (TPSA) is 66.9 Å². The highest BCUT2D eigenvalue weighted by molar-refractivity contribution is 7.09. The van der Waals surface area contributed by atoms with Crippen molar-refractivity contribution in [1.82, 2.24) is 15.3 Å². The Balaban J connectivity index is 1.77. The predicted octanol–water partition coefficient (Wildman–Crippen LogP) is 2.52. The van der Waals surface area contributed by atoms with Crippen molar-refractivity contribution >= 4 is 23.2 Å². The number of thiazole rings is 1. The van der Waals surface area contributed by atoms with Gasteiger partial charge in [0.25, 0.3) is 0 Å². The molecule has 6 heteroatoms. The Morgan fingerprint density at radius 3 is 2.95 bits per heavy atom. The fraction of sp³-hybridized carbons (Fsp3) is 0.308. The Hall–Kier alpha value is -1.95. The van der Waals surface area contributed by atoms with E-state index < -0.39 is 0 Å². The zero-order valence-electron chi connectivity index (χ0n) is 10.9. The van der Waals surface area contributed by atoms with Gasteiger partial charge in [0.05, 0.1) is 10.7 Å². The quantitative estimate of drug-likeness (QED) is 0.901. The average Bonchev–Trinajstić information content (AvgIpc) is 2.78. The van der Waals surface area contributed by atoms with Gasteiger partial charge in [-0.15, -0.1) is 11.3 Å². The highest BCUT2D eigenvalue weighted by atomic mass is 32.1. The van der Waals surface area contributed by atoms with Gasteiger partial charge in [-0.2, -0.15) is 0 Å². The number of carbonyl (C=O) groups excluding carboxylic acids is 1. The molecule has 2 N–H and O–H groups in total. The second kappa shape index (κ2) is 6.29. The van der Waals surface area contributed by atoms with Gasteiger partial charge in [-0.25, -0.2) is 14.8 Å². The summed E-state index contributed by atoms with van der Waals surface area (Å²) in [6, 6.07) is 3.50. The summed E-state index contributed by atoms with van der Waals surface area (Å²) in [6.07, 6.45) is 2.39. The summed E-state index contributed by atoms with van der Waals surface area (Å²) in [5.41, 5.74) is 1.95. The van der Waals surface area contributed by atoms with E-state index in [9.17, 15) is 4.79 Å². The molecule has 100 valence electrons. The number of nitrogens with one attached hydrogen (secondary N) is 2. The van der Waals surface area contributed by atoms with E-state index in [0.717, 1.165) is 22.7 Å². The smallest absolute Gasteiger partial charge is 0.320 e. The molecule has 19 heavy (non-hydrogen) atoms. The van der Waals surface area contributed by atoms with Gasteiger partial charge in [0, 0.05) is 24.5 Å². The highest BCUT2D eigenvalue weighted by Crippen LogP contribution is 2.09. The number of rotatable bonds is 4. The molecule has 2 rings (SSSR count). The van der Waals surface area contributed by atoms with E-state index in [2.05, 4.69) is 20.6 Å². The molecule has 0 atom stereocenters. The van der Waals surface area contributed by atoms with Gasteiger partial charge in [0.15, 0.2) is 0 Å². The van der Waals surface area contributed by atoms with Crippen LogP contribution in [0.5, 0.6) is 0 Å². The van der Waals surface area contributed by atoms with Crippen LogP contribution in [0, 0.1) is 13.8 Å². The summed E-state index contributed by atoms with van der Waals surface area (Å²) in [5.74, 6) is 0.588. The highest BCUT2D eigenvalue weighted by Gasteiger charge is 2.05. The van der Waals surface area contributed by atoms with Crippen molar-refractivity contribution in [2.45, 2.75) is 20.3 Å². The maximum Gasteiger partial charge on any atom is 0.320 e. The first kappa shape index (κ1) is 13.5. The van der Waals surface area contributed by atoms with Gasteiger partial charge >= 0.3 is 6.03 Å². The summed E-state index contributed by atoms with van der Waals surface area (Å²) in [5, 5.41) is 8.57. The van der Waals surface area contributed by atoms with E-state index >= 15 is 0 Å². The van der Waals surface area contributed by atoms with Crippen molar-refractivity contribution in [3.63, 3.8) is 0 Å². The lowest BCUT2D eigenvalue weighted by Gasteiger charge is -2.08. The lowest BCUT2D eigenvalue weighted by atomic mass is 10.3. The minimum Gasteiger partial charge on any atom is -0.337 e. The summed E-state index contributed by atoms with van der Waals surface area (Å²) in [4.78, 5) is 20.1. The number of hydrogen-bond acceptors (Lipinski definition) is 4. The lowest BCUT2D eigenvalue weighted by molar-refractivity contribution is 0.252. The Morgan fingerprint density at radius 1 is 1.42 bits per heavy atom. The minimum atomic E-state index is -0.242. The van der Waals surface area contributed by atoms with E-state index in [1.165, 1.54) is 0 Å². The van der Waals surface area contributed by atoms with Crippen LogP contribution in [0.3, 0.4) is 0 Å². The Labute approximate surface area is 116 Å². The Kier molecular flexibility index (Phi) is 4.46. The second-order valence-electron chi connectivity index (χ2n) is 4.16. The summed E-state index contributed by atoms with van der Waals surface area (Å²) < 4.78 is 0. The summed E-state index contributed by atoms with van der Waals surface area (Å²) >= 11 is 1.62. The molecule has 0 saturated carbocycles. The van der Waals surface area contributed by atoms with Crippen LogP contribution >= 0.6 is 11.3 Å². The fourth-order valence-corrected chi connectivity index (χ4v) is 2.24. The van der Waals surface area contributed by atoms with Crippen molar-refractivity contribution < 1.29 is 4.79 Å². The first-order valence-electron chi connectivity index (χ1n) is 6.02. The van der Waals surface area contributed by atoms with Gasteiger partial charge in [-0.3, -0.25) is 5.32 Å². The molecule has 2 aromatic heterocycles. The van der Waals surface area contributed by atoms with E-state index in [0.29, 0.717) is 12.4 Å². The Morgan fingerprint density at radius 2 is 2.26 bits per heavy atom. The molecule has 0 aliphatic rings. The van der Waals surface area contributed by atoms with E-state index in [4.69, 9.17) is 0 Å². The lowest BCUT2D eigenvalue weighted by Crippen LogP contribution is -2.31. The molecule has 0 unspecified atom stereocenters. The molecule has 0 bridgehead atoms. The van der Waals surface area contributed by atoms with Crippen LogP contribution < -0.4 is 10.6 Å². The predicted molar refractivity (Wildman–Crippen MR) is 76.6 cm³/mol. The number of pyridine rings is 1. The zero-order valence-corrected chi connectivity index (χ0v) is 11.8. The van der Waals surface area contributed by atoms with Crippen molar-refractivity contribution in [2.75, 3.05) is 11.9 Å². The van der Waals surface area contributed by atoms with Crippen LogP contribution in [0.15, 0.2) is 23.7 Å². The third kappa shape index (κ3) is 4.03. The molecule has 2 heterocycles. The van der Waals surface area contributed by atoms with Gasteiger partial charge in [0.1, 0.15) is 5.82 Å². The normalized spacial score (nSPS) is 10.2. The number of anilines is 1. The van der Waals surface area contributed by atoms with Crippen LogP contribution in [0.1, 0.15) is 16.3 Å². The average molecular weight is 276 g/mol. The minimum absolute atomic E-state index is 0.242. The number of amides is 2. The third-order valence-electron chi connectivity index (χ3n) is 2.57. The van der Waals surface area contributed by atoms with Crippen molar-refractivity contribution in [3.05, 3.63) is 40.0 Å². The van der Waals surface area contributed by atoms with Crippen molar-refractivity contribution in [1.29, 1.82) is 0 Å². The zero-order chi connectivity index (χ0) is 13.7. The molecule has 0 saturated heterocycles. The molecule has 0 spiro atoms. The number of aryl methyl sites for hydroxylation is 2. The molecule has 0 aliphatic carbocycles. The largest absolute Gasteiger partial charge is 0.337 e. The molecular weight excluding hydrogens is 260 g/mol. The van der Waals surface area contributed by atoms with Crippen LogP contribution in [-0.2, 0) is 6.42 Å². The number of urea groups is 1. The molecule has 0 fully saturated rings. The molecule has 2 aromatic rings. The third-order valence-corrected chi connectivity index (χ3v) is 3.40. The van der Waals surface area contributed by atoms with E-state index in [1.54, 1.807) is 17.5 Å². The first-order chi connectivity index (χ1) is 9.15. The van der Waals surface area contributed by atoms with Gasteiger partial charge < -0.3 is 5.32 Å². The van der Waals surface area contributed by atoms with Gasteiger partial charge in [0.2, 0.25) is 0 Å². The van der Waals surface area contributed by atoms with Crippen LogP contribution in [0.25, 0.3) is 0 Å². The second-order valence-corrected chi connectivity index (χ2v) is 5.22. The molecule has 0 aromatic carbocycles.